The van der Waals surface area contributed by atoms with E-state index in [1.807, 2.05) is 30.3 Å². The molecule has 0 spiro atoms. The Labute approximate surface area is 166 Å². The van der Waals surface area contributed by atoms with Gasteiger partial charge in [-0.1, -0.05) is 18.2 Å². The average Bonchev–Trinajstić information content (AvgIpc) is 2.99. The van der Waals surface area contributed by atoms with Crippen molar-refractivity contribution >= 4 is 17.6 Å². The summed E-state index contributed by atoms with van der Waals surface area (Å²) in [6.07, 6.45) is -1.16. The molecule has 0 saturated heterocycles. The van der Waals surface area contributed by atoms with Crippen LogP contribution in [0, 0.1) is 25.5 Å². The highest BCUT2D eigenvalue weighted by atomic mass is 19.2. The fourth-order valence-corrected chi connectivity index (χ4v) is 2.85. The van der Waals surface area contributed by atoms with Crippen molar-refractivity contribution in [3.63, 3.8) is 0 Å². The summed E-state index contributed by atoms with van der Waals surface area (Å²) in [5.74, 6) is -3.49. The molecule has 29 heavy (non-hydrogen) atoms. The van der Waals surface area contributed by atoms with Gasteiger partial charge in [0.15, 0.2) is 17.7 Å². The summed E-state index contributed by atoms with van der Waals surface area (Å²) in [7, 11) is 0. The van der Waals surface area contributed by atoms with Crippen LogP contribution >= 0.6 is 0 Å². The Morgan fingerprint density at radius 2 is 1.76 bits per heavy atom. The number of hydrogen-bond acceptors (Lipinski definition) is 4. The minimum absolute atomic E-state index is 0.0565. The summed E-state index contributed by atoms with van der Waals surface area (Å²) in [4.78, 5) is 24.9. The number of benzene rings is 2. The number of para-hydroxylation sites is 1. The number of nitrogens with one attached hydrogen (secondary N) is 1. The first kappa shape index (κ1) is 20.2. The van der Waals surface area contributed by atoms with Crippen molar-refractivity contribution in [2.45, 2.75) is 26.9 Å². The lowest BCUT2D eigenvalue weighted by atomic mass is 10.2. The molecule has 1 amide bonds. The van der Waals surface area contributed by atoms with Gasteiger partial charge in [0, 0.05) is 11.8 Å². The predicted octanol–water partition coefficient (Wildman–Crippen LogP) is 3.95. The average molecular weight is 399 g/mol. The molecule has 3 rings (SSSR count). The second-order valence-corrected chi connectivity index (χ2v) is 6.46. The molecule has 0 radical (unpaired) electrons. The van der Waals surface area contributed by atoms with Gasteiger partial charge in [-0.15, -0.1) is 0 Å². The summed E-state index contributed by atoms with van der Waals surface area (Å²) in [6.45, 7) is 4.80. The molecule has 0 saturated carbocycles. The predicted molar refractivity (Wildman–Crippen MR) is 103 cm³/mol. The van der Waals surface area contributed by atoms with E-state index in [-0.39, 0.29) is 11.3 Å². The van der Waals surface area contributed by atoms with Crippen LogP contribution in [0.5, 0.6) is 0 Å². The fraction of sp³-hybridized carbons (Fsp3) is 0.190. The number of nitrogens with zero attached hydrogens (tertiary/aromatic N) is 2. The molecule has 1 heterocycles. The Bertz CT molecular complexity index is 1060. The van der Waals surface area contributed by atoms with E-state index in [1.165, 1.54) is 13.0 Å². The smallest absolute Gasteiger partial charge is 0.342 e. The van der Waals surface area contributed by atoms with E-state index in [0.717, 1.165) is 17.8 Å². The largest absolute Gasteiger partial charge is 0.449 e. The van der Waals surface area contributed by atoms with Crippen molar-refractivity contribution in [2.24, 2.45) is 0 Å². The molecule has 8 heteroatoms. The second-order valence-electron chi connectivity index (χ2n) is 6.46. The van der Waals surface area contributed by atoms with Crippen LogP contribution in [-0.2, 0) is 9.53 Å². The normalized spacial score (nSPS) is 11.8. The van der Waals surface area contributed by atoms with E-state index in [4.69, 9.17) is 4.74 Å². The molecule has 6 nitrogen and oxygen atoms in total. The van der Waals surface area contributed by atoms with Gasteiger partial charge in [-0.3, -0.25) is 4.79 Å². The number of hydrogen-bond donors (Lipinski definition) is 1. The van der Waals surface area contributed by atoms with Crippen LogP contribution in [0.25, 0.3) is 5.69 Å². The molecule has 0 aliphatic heterocycles. The lowest BCUT2D eigenvalue weighted by Gasteiger charge is -2.14. The van der Waals surface area contributed by atoms with Crippen LogP contribution < -0.4 is 5.32 Å². The van der Waals surface area contributed by atoms with Crippen molar-refractivity contribution in [2.75, 3.05) is 5.32 Å². The maximum Gasteiger partial charge on any atom is 0.342 e. The maximum absolute atomic E-state index is 13.3. The zero-order valence-corrected chi connectivity index (χ0v) is 16.1. The van der Waals surface area contributed by atoms with E-state index >= 15 is 0 Å². The first-order chi connectivity index (χ1) is 13.8. The third-order valence-electron chi connectivity index (χ3n) is 4.34. The molecular formula is C21H19F2N3O3. The number of halogens is 2. The summed E-state index contributed by atoms with van der Waals surface area (Å²) >= 11 is 0. The van der Waals surface area contributed by atoms with Crippen molar-refractivity contribution in [3.8, 4) is 5.69 Å². The molecule has 2 aromatic carbocycles. The van der Waals surface area contributed by atoms with Crippen LogP contribution in [-0.4, -0.2) is 27.8 Å². The number of rotatable bonds is 5. The van der Waals surface area contributed by atoms with E-state index in [2.05, 4.69) is 10.4 Å². The molecular weight excluding hydrogens is 380 g/mol. The molecule has 0 aliphatic carbocycles. The molecule has 1 atom stereocenters. The molecule has 1 N–H and O–H groups in total. The zero-order chi connectivity index (χ0) is 21.1. The van der Waals surface area contributed by atoms with Gasteiger partial charge in [0.05, 0.1) is 17.1 Å². The molecule has 3 aromatic rings. The van der Waals surface area contributed by atoms with Gasteiger partial charge in [0.1, 0.15) is 5.56 Å². The fourth-order valence-electron chi connectivity index (χ4n) is 2.85. The van der Waals surface area contributed by atoms with Crippen molar-refractivity contribution in [1.82, 2.24) is 9.78 Å². The Kier molecular flexibility index (Phi) is 5.72. The van der Waals surface area contributed by atoms with Gasteiger partial charge >= 0.3 is 5.97 Å². The van der Waals surface area contributed by atoms with Gasteiger partial charge in [0.25, 0.3) is 5.91 Å². The van der Waals surface area contributed by atoms with Gasteiger partial charge < -0.3 is 10.1 Å². The van der Waals surface area contributed by atoms with E-state index in [9.17, 15) is 18.4 Å². The van der Waals surface area contributed by atoms with E-state index < -0.39 is 29.6 Å². The number of carbonyl (C=O) groups is 2. The minimum Gasteiger partial charge on any atom is -0.449 e. The Balaban J connectivity index is 1.73. The molecule has 1 aromatic heterocycles. The number of esters is 1. The minimum atomic E-state index is -1.16. The van der Waals surface area contributed by atoms with Crippen LogP contribution in [0.2, 0.25) is 0 Å². The molecule has 0 unspecified atom stereocenters. The highest BCUT2D eigenvalue weighted by Crippen LogP contribution is 2.20. The van der Waals surface area contributed by atoms with Gasteiger partial charge in [0.2, 0.25) is 0 Å². The second kappa shape index (κ2) is 8.22. The van der Waals surface area contributed by atoms with Crippen molar-refractivity contribution < 1.29 is 23.1 Å². The van der Waals surface area contributed by atoms with Gasteiger partial charge in [-0.05, 0) is 45.0 Å². The first-order valence-corrected chi connectivity index (χ1v) is 8.86. The summed E-state index contributed by atoms with van der Waals surface area (Å²) < 4.78 is 33.1. The number of aryl methyl sites for hydroxylation is 1. The number of aromatic nitrogens is 2. The van der Waals surface area contributed by atoms with Crippen LogP contribution in [0.1, 0.15) is 28.7 Å². The lowest BCUT2D eigenvalue weighted by Crippen LogP contribution is -2.30. The topological polar surface area (TPSA) is 73.2 Å². The van der Waals surface area contributed by atoms with E-state index in [1.54, 1.807) is 18.5 Å². The molecule has 0 aliphatic rings. The Morgan fingerprint density at radius 3 is 2.41 bits per heavy atom. The summed E-state index contributed by atoms with van der Waals surface area (Å²) in [5.41, 5.74) is 2.15. The summed E-state index contributed by atoms with van der Waals surface area (Å²) in [6, 6.07) is 12.2. The van der Waals surface area contributed by atoms with Gasteiger partial charge in [-0.25, -0.2) is 18.3 Å². The molecule has 150 valence electrons. The zero-order valence-electron chi connectivity index (χ0n) is 16.1. The summed E-state index contributed by atoms with van der Waals surface area (Å²) in [5, 5.41) is 6.76. The van der Waals surface area contributed by atoms with Crippen molar-refractivity contribution in [3.05, 3.63) is 77.1 Å². The van der Waals surface area contributed by atoms with Crippen LogP contribution in [0.3, 0.4) is 0 Å². The molecule has 0 fully saturated rings. The van der Waals surface area contributed by atoms with Gasteiger partial charge in [-0.2, -0.15) is 5.10 Å². The van der Waals surface area contributed by atoms with E-state index in [0.29, 0.717) is 11.4 Å². The van der Waals surface area contributed by atoms with Crippen LogP contribution in [0.4, 0.5) is 14.5 Å². The quantitative estimate of drug-likeness (QED) is 0.660. The Morgan fingerprint density at radius 1 is 1.07 bits per heavy atom. The SMILES string of the molecule is Cc1nn(-c2ccccc2)c(C)c1C(=O)O[C@@H](C)C(=O)Nc1ccc(F)c(F)c1. The van der Waals surface area contributed by atoms with Crippen molar-refractivity contribution in [1.29, 1.82) is 0 Å². The molecule has 0 bridgehead atoms. The standard InChI is InChI=1S/C21H19F2N3O3/c1-12-19(13(2)26(25-12)16-7-5-4-6-8-16)21(28)29-14(3)20(27)24-15-9-10-17(22)18(23)11-15/h4-11,14H,1-3H3,(H,24,27)/t14-/m0/s1. The lowest BCUT2D eigenvalue weighted by molar-refractivity contribution is -0.123. The van der Waals surface area contributed by atoms with Crippen LogP contribution in [0.15, 0.2) is 48.5 Å². The maximum atomic E-state index is 13.3. The third kappa shape index (κ3) is 4.31. The number of carbonyl (C=O) groups excluding carboxylic acids is 2. The highest BCUT2D eigenvalue weighted by Gasteiger charge is 2.25. The Hall–Kier alpha value is -3.55. The number of anilines is 1. The third-order valence-corrected chi connectivity index (χ3v) is 4.34. The highest BCUT2D eigenvalue weighted by molar-refractivity contribution is 5.98. The monoisotopic (exact) mass is 399 g/mol. The first-order valence-electron chi connectivity index (χ1n) is 8.86. The number of ether oxygens (including phenoxy) is 1. The number of amides is 1.